The zero-order chi connectivity index (χ0) is 24.7. The number of carbonyl (C=O) groups excluding carboxylic acids is 1. The van der Waals surface area contributed by atoms with Gasteiger partial charge in [-0.2, -0.15) is 0 Å². The molecule has 0 radical (unpaired) electrons. The maximum Gasteiger partial charge on any atom is 0.307 e. The average Bonchev–Trinajstić information content (AvgIpc) is 3.22. The van der Waals surface area contributed by atoms with Crippen LogP contribution in [-0.2, 0) is 5.79 Å². The number of hydrogen-bond acceptors (Lipinski definition) is 5. The fourth-order valence-corrected chi connectivity index (χ4v) is 4.26. The number of hydrogen-bond donors (Lipinski definition) is 1. The molecule has 0 saturated carbocycles. The zero-order valence-electron chi connectivity index (χ0n) is 17.7. The van der Waals surface area contributed by atoms with Gasteiger partial charge in [-0.3, -0.25) is 4.79 Å². The van der Waals surface area contributed by atoms with Crippen molar-refractivity contribution < 1.29 is 23.0 Å². The van der Waals surface area contributed by atoms with Crippen LogP contribution in [0.15, 0.2) is 79.0 Å². The van der Waals surface area contributed by atoms with E-state index in [4.69, 9.17) is 38.5 Å². The lowest BCUT2D eigenvalue weighted by molar-refractivity contribution is -0.0459. The van der Waals surface area contributed by atoms with Crippen LogP contribution in [0, 0.1) is 11.6 Å². The van der Waals surface area contributed by atoms with Gasteiger partial charge in [-0.25, -0.2) is 24.6 Å². The Morgan fingerprint density at radius 1 is 0.943 bits per heavy atom. The minimum absolute atomic E-state index is 0.01000. The molecule has 3 aromatic carbocycles. The highest BCUT2D eigenvalue weighted by molar-refractivity contribution is 6.35. The number of ether oxygens (including phenoxy) is 2. The van der Waals surface area contributed by atoms with E-state index in [9.17, 15) is 9.18 Å². The summed E-state index contributed by atoms with van der Waals surface area (Å²) in [5.74, 6) is 2.17. The molecule has 0 bridgehead atoms. The minimum Gasteiger partial charge on any atom is -0.440 e. The van der Waals surface area contributed by atoms with Crippen molar-refractivity contribution in [2.24, 2.45) is 5.84 Å². The normalized spacial score (nSPS) is 16.3. The summed E-state index contributed by atoms with van der Waals surface area (Å²) in [5.41, 5.74) is 0.354. The molecule has 1 aromatic heterocycles. The molecule has 5 rings (SSSR count). The van der Waals surface area contributed by atoms with Crippen molar-refractivity contribution in [2.45, 2.75) is 5.79 Å². The van der Waals surface area contributed by atoms with Crippen LogP contribution in [0.1, 0.15) is 21.5 Å². The third kappa shape index (κ3) is 4.05. The molecular weight excluding hydrogens is 499 g/mol. The van der Waals surface area contributed by atoms with Crippen molar-refractivity contribution in [1.29, 1.82) is 0 Å². The summed E-state index contributed by atoms with van der Waals surface area (Å²) in [6, 6.07) is 17.0. The molecule has 2 heterocycles. The number of anilines is 1. The van der Waals surface area contributed by atoms with Gasteiger partial charge >= 0.3 is 5.79 Å². The van der Waals surface area contributed by atoms with E-state index in [1.807, 2.05) is 0 Å². The Morgan fingerprint density at radius 3 is 2.31 bits per heavy atom. The number of fused-ring (bicyclic) bond motifs is 1. The summed E-state index contributed by atoms with van der Waals surface area (Å²) in [4.78, 5) is 16.9. The van der Waals surface area contributed by atoms with Crippen LogP contribution in [0.5, 0.6) is 11.5 Å². The molecule has 10 heteroatoms. The number of carbonyl (C=O) groups is 1. The maximum atomic E-state index is 15.1. The van der Waals surface area contributed by atoms with E-state index in [2.05, 4.69) is 4.98 Å². The summed E-state index contributed by atoms with van der Waals surface area (Å²) in [6.07, 6.45) is 1.45. The lowest BCUT2D eigenvalue weighted by atomic mass is 9.97. The molecule has 1 aliphatic heterocycles. The Bertz CT molecular complexity index is 1440. The molecule has 4 aromatic rings. The molecule has 176 valence electrons. The van der Waals surface area contributed by atoms with Crippen LogP contribution in [-0.4, -0.2) is 10.9 Å². The molecule has 0 saturated heterocycles. The Balaban J connectivity index is 1.60. The first kappa shape index (κ1) is 23.0. The standard InChI is InChI=1S/C25H15Cl2F2N3O3/c26-15-6-9-18(19(27)11-15)25(14-4-7-16(28)8-5-14)34-21-12-17(20(29)13-22(21)35-25)24(33)32(30)23-3-1-2-10-31-23/h1-13H,30H2. The zero-order valence-corrected chi connectivity index (χ0v) is 19.2. The Morgan fingerprint density at radius 2 is 1.66 bits per heavy atom. The quantitative estimate of drug-likeness (QED) is 0.210. The Labute approximate surface area is 208 Å². The van der Waals surface area contributed by atoms with E-state index in [0.29, 0.717) is 16.1 Å². The third-order valence-electron chi connectivity index (χ3n) is 5.40. The van der Waals surface area contributed by atoms with Crippen molar-refractivity contribution in [2.75, 3.05) is 5.01 Å². The molecule has 0 aliphatic carbocycles. The van der Waals surface area contributed by atoms with E-state index in [-0.39, 0.29) is 27.9 Å². The van der Waals surface area contributed by atoms with Crippen LogP contribution in [0.25, 0.3) is 0 Å². The molecule has 0 fully saturated rings. The van der Waals surface area contributed by atoms with E-state index in [0.717, 1.165) is 11.1 Å². The maximum absolute atomic E-state index is 15.1. The van der Waals surface area contributed by atoms with Crippen LogP contribution >= 0.6 is 23.2 Å². The molecule has 1 unspecified atom stereocenters. The summed E-state index contributed by atoms with van der Waals surface area (Å²) in [5, 5.41) is 1.30. The molecule has 1 atom stereocenters. The highest BCUT2D eigenvalue weighted by Crippen LogP contribution is 2.50. The second-order valence-electron chi connectivity index (χ2n) is 7.59. The summed E-state index contributed by atoms with van der Waals surface area (Å²) < 4.78 is 41.0. The van der Waals surface area contributed by atoms with Crippen molar-refractivity contribution in [1.82, 2.24) is 4.98 Å². The molecule has 35 heavy (non-hydrogen) atoms. The van der Waals surface area contributed by atoms with Gasteiger partial charge in [0.1, 0.15) is 17.5 Å². The first-order valence-corrected chi connectivity index (χ1v) is 11.0. The van der Waals surface area contributed by atoms with Gasteiger partial charge in [0, 0.05) is 22.8 Å². The number of halogens is 4. The summed E-state index contributed by atoms with van der Waals surface area (Å²) in [6.45, 7) is 0. The number of nitrogens with zero attached hydrogens (tertiary/aromatic N) is 2. The largest absolute Gasteiger partial charge is 0.440 e. The highest BCUT2D eigenvalue weighted by atomic mass is 35.5. The summed E-state index contributed by atoms with van der Waals surface area (Å²) in [7, 11) is 0. The van der Waals surface area contributed by atoms with Gasteiger partial charge in [0.05, 0.1) is 16.1 Å². The van der Waals surface area contributed by atoms with Gasteiger partial charge in [-0.15, -0.1) is 0 Å². The number of aromatic nitrogens is 1. The van der Waals surface area contributed by atoms with Gasteiger partial charge in [0.15, 0.2) is 11.5 Å². The van der Waals surface area contributed by atoms with Crippen LogP contribution in [0.4, 0.5) is 14.6 Å². The second kappa shape index (κ2) is 8.81. The number of nitrogens with two attached hydrogens (primary N) is 1. The van der Waals surface area contributed by atoms with Crippen LogP contribution in [0.3, 0.4) is 0 Å². The Kier molecular flexibility index (Phi) is 5.80. The van der Waals surface area contributed by atoms with Crippen molar-refractivity contribution in [3.05, 3.63) is 117 Å². The van der Waals surface area contributed by atoms with Crippen molar-refractivity contribution in [3.8, 4) is 11.5 Å². The molecule has 2 N–H and O–H groups in total. The monoisotopic (exact) mass is 513 g/mol. The van der Waals surface area contributed by atoms with E-state index in [1.165, 1.54) is 48.7 Å². The predicted octanol–water partition coefficient (Wildman–Crippen LogP) is 5.86. The highest BCUT2D eigenvalue weighted by Gasteiger charge is 2.47. The minimum atomic E-state index is -1.70. The smallest absolute Gasteiger partial charge is 0.307 e. The van der Waals surface area contributed by atoms with Gasteiger partial charge in [-0.05, 0) is 60.7 Å². The second-order valence-corrected chi connectivity index (χ2v) is 8.44. The number of pyridine rings is 1. The number of amides is 1. The van der Waals surface area contributed by atoms with E-state index >= 15 is 4.39 Å². The van der Waals surface area contributed by atoms with E-state index in [1.54, 1.807) is 24.3 Å². The number of benzene rings is 3. The first-order chi connectivity index (χ1) is 16.8. The fourth-order valence-electron chi connectivity index (χ4n) is 3.73. The van der Waals surface area contributed by atoms with Gasteiger partial charge in [0.25, 0.3) is 5.91 Å². The molecule has 1 aliphatic rings. The van der Waals surface area contributed by atoms with Crippen LogP contribution < -0.4 is 20.3 Å². The molecule has 0 spiro atoms. The molecule has 1 amide bonds. The topological polar surface area (TPSA) is 77.7 Å². The SMILES string of the molecule is NN(C(=O)c1cc2c(cc1F)OC(c1ccc(F)cc1)(c1ccc(Cl)cc1Cl)O2)c1ccccn1. The fraction of sp³-hybridized carbons (Fsp3) is 0.0400. The van der Waals surface area contributed by atoms with Gasteiger partial charge in [0.2, 0.25) is 0 Å². The predicted molar refractivity (Wildman–Crippen MR) is 127 cm³/mol. The molecule has 6 nitrogen and oxygen atoms in total. The lowest BCUT2D eigenvalue weighted by Gasteiger charge is -2.29. The summed E-state index contributed by atoms with van der Waals surface area (Å²) >= 11 is 12.5. The van der Waals surface area contributed by atoms with Gasteiger partial charge < -0.3 is 9.47 Å². The van der Waals surface area contributed by atoms with Crippen molar-refractivity contribution >= 4 is 34.9 Å². The first-order valence-electron chi connectivity index (χ1n) is 10.2. The molecular formula is C25H15Cl2F2N3O3. The number of hydrazine groups is 1. The van der Waals surface area contributed by atoms with Crippen LogP contribution in [0.2, 0.25) is 10.0 Å². The van der Waals surface area contributed by atoms with E-state index < -0.39 is 23.3 Å². The lowest BCUT2D eigenvalue weighted by Crippen LogP contribution is -2.38. The number of rotatable bonds is 4. The third-order valence-corrected chi connectivity index (χ3v) is 5.94. The Hall–Kier alpha value is -3.72. The average molecular weight is 514 g/mol. The van der Waals surface area contributed by atoms with Gasteiger partial charge in [-0.1, -0.05) is 29.3 Å². The van der Waals surface area contributed by atoms with Crippen molar-refractivity contribution in [3.63, 3.8) is 0 Å².